The third kappa shape index (κ3) is 6.93. The van der Waals surface area contributed by atoms with Gasteiger partial charge >= 0.3 is 0 Å². The number of nitrogens with one attached hydrogen (secondary N) is 2. The molecule has 0 fully saturated rings. The Morgan fingerprint density at radius 1 is 0.951 bits per heavy atom. The van der Waals surface area contributed by atoms with Gasteiger partial charge in [0, 0.05) is 29.9 Å². The molecule has 0 bridgehead atoms. The lowest BCUT2D eigenvalue weighted by Crippen LogP contribution is -2.41. The van der Waals surface area contributed by atoms with E-state index in [9.17, 15) is 9.59 Å². The zero-order valence-corrected chi connectivity index (χ0v) is 23.7. The fourth-order valence-corrected chi connectivity index (χ4v) is 4.80. The van der Waals surface area contributed by atoms with Crippen molar-refractivity contribution in [2.24, 2.45) is 11.5 Å². The summed E-state index contributed by atoms with van der Waals surface area (Å²) in [6.45, 7) is 7.05. The number of anilines is 2. The van der Waals surface area contributed by atoms with Crippen LogP contribution in [0.3, 0.4) is 0 Å². The number of primary amides is 1. The maximum Gasteiger partial charge on any atom is 0.252 e. The maximum atomic E-state index is 12.8. The third-order valence-electron chi connectivity index (χ3n) is 6.77. The number of hydrogen-bond acceptors (Lipinski definition) is 7. The molecule has 0 spiro atoms. The highest BCUT2D eigenvalue weighted by Gasteiger charge is 2.19. The van der Waals surface area contributed by atoms with E-state index in [2.05, 4.69) is 15.6 Å². The standard InChI is InChI=1S/C32H37N5O4/c1-4-22-21(18-36-32(39)25(33)15-20-11-8-7-9-12-20)13-10-14-26(22)37-30-23-16-28(40-5-2)29(41-6-3)17-27(23)35-19-24(30)31(34)38/h7-14,16-17,19,25H,4-6,15,18,33H2,1-3H3,(H2,34,38)(H,35,37)(H,36,39)/t25-/m1/s1. The molecule has 0 aliphatic rings. The molecule has 4 rings (SSSR count). The average Bonchev–Trinajstić information content (AvgIpc) is 2.97. The minimum Gasteiger partial charge on any atom is -0.490 e. The number of aromatic nitrogens is 1. The first-order chi connectivity index (χ1) is 19.9. The van der Waals surface area contributed by atoms with E-state index in [0.29, 0.717) is 60.7 Å². The molecule has 9 nitrogen and oxygen atoms in total. The Balaban J connectivity index is 1.65. The molecule has 0 aliphatic carbocycles. The number of pyridine rings is 1. The summed E-state index contributed by atoms with van der Waals surface area (Å²) in [4.78, 5) is 29.7. The predicted molar refractivity (Wildman–Crippen MR) is 162 cm³/mol. The Bertz CT molecular complexity index is 1520. The lowest BCUT2D eigenvalue weighted by Gasteiger charge is -2.20. The van der Waals surface area contributed by atoms with Gasteiger partial charge in [-0.3, -0.25) is 14.6 Å². The Morgan fingerprint density at radius 2 is 1.66 bits per heavy atom. The second-order valence-corrected chi connectivity index (χ2v) is 9.53. The van der Waals surface area contributed by atoms with Crippen LogP contribution in [0.4, 0.5) is 11.4 Å². The van der Waals surface area contributed by atoms with Crippen molar-refractivity contribution in [3.63, 3.8) is 0 Å². The molecule has 2 amide bonds. The van der Waals surface area contributed by atoms with Crippen LogP contribution in [0.1, 0.15) is 47.8 Å². The highest BCUT2D eigenvalue weighted by molar-refractivity contribution is 6.08. The minimum atomic E-state index is -0.661. The highest BCUT2D eigenvalue weighted by Crippen LogP contribution is 2.38. The first-order valence-corrected chi connectivity index (χ1v) is 13.8. The van der Waals surface area contributed by atoms with Crippen LogP contribution >= 0.6 is 0 Å². The quantitative estimate of drug-likeness (QED) is 0.189. The Kier molecular flexibility index (Phi) is 9.76. The van der Waals surface area contributed by atoms with Gasteiger partial charge in [-0.05, 0) is 55.5 Å². The van der Waals surface area contributed by atoms with Gasteiger partial charge in [-0.25, -0.2) is 0 Å². The van der Waals surface area contributed by atoms with Crippen molar-refractivity contribution >= 4 is 34.1 Å². The lowest BCUT2D eigenvalue weighted by atomic mass is 10.0. The van der Waals surface area contributed by atoms with E-state index in [1.807, 2.05) is 75.4 Å². The summed E-state index contributed by atoms with van der Waals surface area (Å²) in [5.74, 6) is 0.290. The molecule has 0 saturated carbocycles. The molecule has 214 valence electrons. The van der Waals surface area contributed by atoms with Crippen LogP contribution in [0.25, 0.3) is 10.9 Å². The molecule has 41 heavy (non-hydrogen) atoms. The van der Waals surface area contributed by atoms with E-state index in [0.717, 1.165) is 22.4 Å². The molecule has 9 heteroatoms. The number of carbonyl (C=O) groups excluding carboxylic acids is 2. The number of fused-ring (bicyclic) bond motifs is 1. The van der Waals surface area contributed by atoms with Gasteiger partial charge in [-0.15, -0.1) is 0 Å². The van der Waals surface area contributed by atoms with Crippen molar-refractivity contribution in [3.8, 4) is 11.5 Å². The van der Waals surface area contributed by atoms with E-state index in [-0.39, 0.29) is 11.5 Å². The largest absolute Gasteiger partial charge is 0.490 e. The summed E-state index contributed by atoms with van der Waals surface area (Å²) in [6, 6.07) is 18.4. The molecule has 0 radical (unpaired) electrons. The normalized spacial score (nSPS) is 11.6. The van der Waals surface area contributed by atoms with Gasteiger partial charge in [0.1, 0.15) is 0 Å². The van der Waals surface area contributed by atoms with E-state index in [1.54, 1.807) is 6.07 Å². The molecule has 0 saturated heterocycles. The topological polar surface area (TPSA) is 142 Å². The zero-order valence-electron chi connectivity index (χ0n) is 23.7. The molecule has 0 aliphatic heterocycles. The Labute approximate surface area is 240 Å². The van der Waals surface area contributed by atoms with Gasteiger partial charge in [-0.2, -0.15) is 0 Å². The van der Waals surface area contributed by atoms with Crippen LogP contribution < -0.4 is 31.6 Å². The van der Waals surface area contributed by atoms with Gasteiger partial charge in [-0.1, -0.05) is 49.4 Å². The third-order valence-corrected chi connectivity index (χ3v) is 6.77. The van der Waals surface area contributed by atoms with E-state index >= 15 is 0 Å². The van der Waals surface area contributed by atoms with E-state index in [4.69, 9.17) is 20.9 Å². The summed E-state index contributed by atoms with van der Waals surface area (Å²) in [7, 11) is 0. The molecule has 6 N–H and O–H groups in total. The summed E-state index contributed by atoms with van der Waals surface area (Å²) < 4.78 is 11.6. The van der Waals surface area contributed by atoms with Crippen LogP contribution in [0.5, 0.6) is 11.5 Å². The van der Waals surface area contributed by atoms with Crippen molar-refractivity contribution in [3.05, 3.63) is 89.1 Å². The molecule has 4 aromatic rings. The predicted octanol–water partition coefficient (Wildman–Crippen LogP) is 4.62. The summed E-state index contributed by atoms with van der Waals surface area (Å²) in [5.41, 5.74) is 17.1. The summed E-state index contributed by atoms with van der Waals surface area (Å²) >= 11 is 0. The van der Waals surface area contributed by atoms with Crippen molar-refractivity contribution in [1.29, 1.82) is 0 Å². The molecule has 1 atom stereocenters. The van der Waals surface area contributed by atoms with Gasteiger partial charge in [0.2, 0.25) is 5.91 Å². The zero-order chi connectivity index (χ0) is 29.4. The number of benzene rings is 3. The van der Waals surface area contributed by atoms with Crippen LogP contribution in [0, 0.1) is 0 Å². The fourth-order valence-electron chi connectivity index (χ4n) is 4.80. The Morgan fingerprint density at radius 3 is 2.32 bits per heavy atom. The average molecular weight is 556 g/mol. The number of amides is 2. The van der Waals surface area contributed by atoms with Gasteiger partial charge in [0.25, 0.3) is 5.91 Å². The number of hydrogen-bond donors (Lipinski definition) is 4. The second kappa shape index (κ2) is 13.6. The first-order valence-electron chi connectivity index (χ1n) is 13.8. The van der Waals surface area contributed by atoms with Gasteiger partial charge in [0.15, 0.2) is 11.5 Å². The van der Waals surface area contributed by atoms with Crippen LogP contribution in [-0.2, 0) is 24.2 Å². The number of nitrogens with two attached hydrogens (primary N) is 2. The summed E-state index contributed by atoms with van der Waals surface area (Å²) in [5, 5.41) is 7.09. The van der Waals surface area contributed by atoms with E-state index in [1.165, 1.54) is 6.20 Å². The van der Waals surface area contributed by atoms with Crippen LogP contribution in [-0.4, -0.2) is 36.1 Å². The number of nitrogens with zero attached hydrogens (tertiary/aromatic N) is 1. The molecule has 3 aromatic carbocycles. The first kappa shape index (κ1) is 29.4. The number of rotatable bonds is 13. The smallest absolute Gasteiger partial charge is 0.252 e. The molecule has 0 unspecified atom stereocenters. The maximum absolute atomic E-state index is 12.8. The molecule has 1 aromatic heterocycles. The molecular formula is C32H37N5O4. The van der Waals surface area contributed by atoms with Crippen molar-refractivity contribution < 1.29 is 19.1 Å². The number of carbonyl (C=O) groups is 2. The Hall–Kier alpha value is -4.63. The van der Waals surface area contributed by atoms with Crippen LogP contribution in [0.15, 0.2) is 66.9 Å². The van der Waals surface area contributed by atoms with E-state index < -0.39 is 11.9 Å². The van der Waals surface area contributed by atoms with Crippen molar-refractivity contribution in [2.45, 2.75) is 46.2 Å². The highest BCUT2D eigenvalue weighted by atomic mass is 16.5. The van der Waals surface area contributed by atoms with Crippen molar-refractivity contribution in [1.82, 2.24) is 10.3 Å². The van der Waals surface area contributed by atoms with Gasteiger partial charge in [0.05, 0.1) is 36.0 Å². The van der Waals surface area contributed by atoms with Crippen LogP contribution in [0.2, 0.25) is 0 Å². The minimum absolute atomic E-state index is 0.223. The SMILES string of the molecule is CCOc1cc2ncc(C(N)=O)c(Nc3cccc(CNC(=O)[C@H](N)Cc4ccccc4)c3CC)c2cc1OCC. The monoisotopic (exact) mass is 555 g/mol. The number of ether oxygens (including phenoxy) is 2. The molecular weight excluding hydrogens is 518 g/mol. The second-order valence-electron chi connectivity index (χ2n) is 9.53. The van der Waals surface area contributed by atoms with Crippen molar-refractivity contribution in [2.75, 3.05) is 18.5 Å². The van der Waals surface area contributed by atoms with Gasteiger partial charge < -0.3 is 31.6 Å². The fraction of sp³-hybridized carbons (Fsp3) is 0.281. The lowest BCUT2D eigenvalue weighted by molar-refractivity contribution is -0.122. The molecule has 1 heterocycles. The summed E-state index contributed by atoms with van der Waals surface area (Å²) in [6.07, 6.45) is 2.60.